The third kappa shape index (κ3) is 3.23. The molecule has 2 aromatic rings. The van der Waals surface area contributed by atoms with Gasteiger partial charge in [-0.2, -0.15) is 5.10 Å². The van der Waals surface area contributed by atoms with Crippen molar-refractivity contribution in [1.29, 1.82) is 0 Å². The molecule has 0 aliphatic rings. The van der Waals surface area contributed by atoms with Crippen LogP contribution < -0.4 is 4.74 Å². The van der Waals surface area contributed by atoms with Crippen LogP contribution in [0.1, 0.15) is 22.8 Å². The van der Waals surface area contributed by atoms with Gasteiger partial charge in [-0.15, -0.1) is 0 Å². The molecule has 0 N–H and O–H groups in total. The van der Waals surface area contributed by atoms with Gasteiger partial charge in [-0.1, -0.05) is 15.9 Å². The topological polar surface area (TPSA) is 44.1 Å². The number of hydrogen-bond acceptors (Lipinski definition) is 3. The lowest BCUT2D eigenvalue weighted by molar-refractivity contribution is 0.0992. The lowest BCUT2D eigenvalue weighted by Gasteiger charge is -2.05. The van der Waals surface area contributed by atoms with Crippen molar-refractivity contribution < 1.29 is 9.53 Å². The first-order valence-electron chi connectivity index (χ1n) is 6.02. The van der Waals surface area contributed by atoms with Crippen LogP contribution in [0.2, 0.25) is 0 Å². The van der Waals surface area contributed by atoms with E-state index in [0.29, 0.717) is 17.7 Å². The number of ether oxygens (including phenoxy) is 1. The van der Waals surface area contributed by atoms with Crippen molar-refractivity contribution in [3.8, 4) is 5.75 Å². The minimum atomic E-state index is 0.0430. The zero-order valence-corrected chi connectivity index (χ0v) is 12.5. The average Bonchev–Trinajstić information content (AvgIpc) is 2.87. The molecular weight excluding hydrogens is 308 g/mol. The summed E-state index contributed by atoms with van der Waals surface area (Å²) in [5, 5.41) is 4.17. The number of ketones is 1. The molecule has 0 amide bonds. The Labute approximate surface area is 120 Å². The van der Waals surface area contributed by atoms with Gasteiger partial charge in [-0.25, -0.2) is 0 Å². The van der Waals surface area contributed by atoms with Gasteiger partial charge in [-0.3, -0.25) is 9.48 Å². The molecule has 0 radical (unpaired) electrons. The largest absolute Gasteiger partial charge is 0.497 e. The standard InChI is InChI=1S/C14H15BrN2O2/c1-3-17-9-10(8-16-17)6-14(18)12-7-11(19-2)4-5-13(12)15/h4-5,7-9H,3,6H2,1-2H3. The number of rotatable bonds is 5. The molecule has 0 aliphatic carbocycles. The Kier molecular flexibility index (Phi) is 4.37. The molecule has 19 heavy (non-hydrogen) atoms. The van der Waals surface area contributed by atoms with Gasteiger partial charge >= 0.3 is 0 Å². The number of methoxy groups -OCH3 is 1. The first kappa shape index (κ1) is 13.8. The van der Waals surface area contributed by atoms with Crippen LogP contribution in [0.4, 0.5) is 0 Å². The maximum Gasteiger partial charge on any atom is 0.168 e. The molecule has 0 atom stereocenters. The Morgan fingerprint density at radius 1 is 1.47 bits per heavy atom. The van der Waals surface area contributed by atoms with Crippen LogP contribution in [0.15, 0.2) is 35.1 Å². The van der Waals surface area contributed by atoms with Crippen LogP contribution in [0.5, 0.6) is 5.75 Å². The van der Waals surface area contributed by atoms with Crippen LogP contribution in [-0.2, 0) is 13.0 Å². The minimum absolute atomic E-state index is 0.0430. The Morgan fingerprint density at radius 2 is 2.26 bits per heavy atom. The number of benzene rings is 1. The fraction of sp³-hybridized carbons (Fsp3) is 0.286. The molecule has 1 aromatic carbocycles. The van der Waals surface area contributed by atoms with Crippen molar-refractivity contribution in [3.63, 3.8) is 0 Å². The summed E-state index contributed by atoms with van der Waals surface area (Å²) in [6.45, 7) is 2.81. The highest BCUT2D eigenvalue weighted by atomic mass is 79.9. The lowest BCUT2D eigenvalue weighted by atomic mass is 10.1. The van der Waals surface area contributed by atoms with E-state index in [1.165, 1.54) is 0 Å². The Balaban J connectivity index is 2.19. The van der Waals surface area contributed by atoms with Crippen molar-refractivity contribution in [2.45, 2.75) is 19.9 Å². The van der Waals surface area contributed by atoms with Crippen molar-refractivity contribution >= 4 is 21.7 Å². The Bertz CT molecular complexity index is 593. The van der Waals surface area contributed by atoms with E-state index in [4.69, 9.17) is 4.74 Å². The van der Waals surface area contributed by atoms with E-state index in [-0.39, 0.29) is 5.78 Å². The van der Waals surface area contributed by atoms with Crippen LogP contribution in [0.25, 0.3) is 0 Å². The van der Waals surface area contributed by atoms with E-state index >= 15 is 0 Å². The van der Waals surface area contributed by atoms with Crippen molar-refractivity contribution in [2.24, 2.45) is 0 Å². The van der Waals surface area contributed by atoms with Crippen LogP contribution in [0.3, 0.4) is 0 Å². The highest BCUT2D eigenvalue weighted by molar-refractivity contribution is 9.10. The van der Waals surface area contributed by atoms with Gasteiger partial charge in [-0.05, 0) is 30.7 Å². The number of Topliss-reactive ketones (excluding diaryl/α,β-unsaturated/α-hetero) is 1. The quantitative estimate of drug-likeness (QED) is 0.794. The predicted molar refractivity (Wildman–Crippen MR) is 76.6 cm³/mol. The molecule has 1 heterocycles. The minimum Gasteiger partial charge on any atom is -0.497 e. The maximum absolute atomic E-state index is 12.3. The van der Waals surface area contributed by atoms with Crippen LogP contribution in [0, 0.1) is 0 Å². The molecule has 0 aliphatic heterocycles. The van der Waals surface area contributed by atoms with Gasteiger partial charge in [0.2, 0.25) is 0 Å². The number of carbonyl (C=O) groups excluding carboxylic acids is 1. The third-order valence-corrected chi connectivity index (χ3v) is 3.54. The number of hydrogen-bond donors (Lipinski definition) is 0. The van der Waals surface area contributed by atoms with E-state index in [2.05, 4.69) is 21.0 Å². The summed E-state index contributed by atoms with van der Waals surface area (Å²) in [4.78, 5) is 12.3. The number of nitrogens with zero attached hydrogens (tertiary/aromatic N) is 2. The number of halogens is 1. The van der Waals surface area contributed by atoms with Crippen molar-refractivity contribution in [2.75, 3.05) is 7.11 Å². The molecular formula is C14H15BrN2O2. The van der Waals surface area contributed by atoms with Gasteiger partial charge < -0.3 is 4.74 Å². The zero-order chi connectivity index (χ0) is 13.8. The predicted octanol–water partition coefficient (Wildman–Crippen LogP) is 3.10. The molecule has 1 aromatic heterocycles. The summed E-state index contributed by atoms with van der Waals surface area (Å²) in [5.41, 5.74) is 1.55. The molecule has 2 rings (SSSR count). The van der Waals surface area contributed by atoms with Crippen molar-refractivity contribution in [3.05, 3.63) is 46.2 Å². The van der Waals surface area contributed by atoms with E-state index in [9.17, 15) is 4.79 Å². The number of aryl methyl sites for hydroxylation is 1. The van der Waals surface area contributed by atoms with Crippen LogP contribution in [-0.4, -0.2) is 22.7 Å². The molecule has 0 fully saturated rings. The van der Waals surface area contributed by atoms with E-state index in [1.54, 1.807) is 19.4 Å². The van der Waals surface area contributed by atoms with Crippen LogP contribution >= 0.6 is 15.9 Å². The van der Waals surface area contributed by atoms with E-state index in [0.717, 1.165) is 16.6 Å². The summed E-state index contributed by atoms with van der Waals surface area (Å²) in [7, 11) is 1.59. The summed E-state index contributed by atoms with van der Waals surface area (Å²) >= 11 is 3.40. The van der Waals surface area contributed by atoms with E-state index < -0.39 is 0 Å². The maximum atomic E-state index is 12.3. The molecule has 5 heteroatoms. The number of carbonyl (C=O) groups is 1. The average molecular weight is 323 g/mol. The normalized spacial score (nSPS) is 10.5. The van der Waals surface area contributed by atoms with Gasteiger partial charge in [0, 0.05) is 29.2 Å². The second-order valence-corrected chi connectivity index (χ2v) is 5.00. The third-order valence-electron chi connectivity index (χ3n) is 2.85. The SMILES string of the molecule is CCn1cc(CC(=O)c2cc(OC)ccc2Br)cn1. The fourth-order valence-electron chi connectivity index (χ4n) is 1.80. The Hall–Kier alpha value is -1.62. The first-order chi connectivity index (χ1) is 9.13. The molecule has 100 valence electrons. The van der Waals surface area contributed by atoms with Gasteiger partial charge in [0.1, 0.15) is 5.75 Å². The summed E-state index contributed by atoms with van der Waals surface area (Å²) in [6, 6.07) is 5.38. The summed E-state index contributed by atoms with van der Waals surface area (Å²) < 4.78 is 7.73. The fourth-order valence-corrected chi connectivity index (χ4v) is 2.26. The highest BCUT2D eigenvalue weighted by Gasteiger charge is 2.13. The first-order valence-corrected chi connectivity index (χ1v) is 6.81. The molecule has 4 nitrogen and oxygen atoms in total. The van der Waals surface area contributed by atoms with Gasteiger partial charge in [0.15, 0.2) is 5.78 Å². The molecule has 0 unspecified atom stereocenters. The second kappa shape index (κ2) is 6.02. The number of aromatic nitrogens is 2. The van der Waals surface area contributed by atoms with Crippen molar-refractivity contribution in [1.82, 2.24) is 9.78 Å². The molecule has 0 saturated carbocycles. The molecule has 0 spiro atoms. The molecule has 0 bridgehead atoms. The summed E-state index contributed by atoms with van der Waals surface area (Å²) in [6.07, 6.45) is 3.97. The lowest BCUT2D eigenvalue weighted by Crippen LogP contribution is -2.04. The van der Waals surface area contributed by atoms with Gasteiger partial charge in [0.25, 0.3) is 0 Å². The monoisotopic (exact) mass is 322 g/mol. The van der Waals surface area contributed by atoms with Gasteiger partial charge in [0.05, 0.1) is 13.3 Å². The highest BCUT2D eigenvalue weighted by Crippen LogP contribution is 2.23. The zero-order valence-electron chi connectivity index (χ0n) is 10.9. The summed E-state index contributed by atoms with van der Waals surface area (Å²) in [5.74, 6) is 0.720. The second-order valence-electron chi connectivity index (χ2n) is 4.15. The smallest absolute Gasteiger partial charge is 0.168 e. The van der Waals surface area contributed by atoms with E-state index in [1.807, 2.05) is 29.9 Å². The Morgan fingerprint density at radius 3 is 2.89 bits per heavy atom. The molecule has 0 saturated heterocycles.